The Morgan fingerprint density at radius 1 is 1.37 bits per heavy atom. The molecule has 0 radical (unpaired) electrons. The fourth-order valence-electron chi connectivity index (χ4n) is 2.57. The summed E-state index contributed by atoms with van der Waals surface area (Å²) in [6, 6.07) is 1.13. The molecule has 0 aromatic carbocycles. The predicted octanol–water partition coefficient (Wildman–Crippen LogP) is 1.03. The van der Waals surface area contributed by atoms with Gasteiger partial charge in [-0.2, -0.15) is 0 Å². The third-order valence-electron chi connectivity index (χ3n) is 3.58. The first-order valence-electron chi connectivity index (χ1n) is 6.18. The van der Waals surface area contributed by atoms with Crippen molar-refractivity contribution in [3.63, 3.8) is 0 Å². The lowest BCUT2D eigenvalue weighted by Gasteiger charge is -2.23. The molecule has 0 spiro atoms. The summed E-state index contributed by atoms with van der Waals surface area (Å²) < 4.78 is 27.2. The Labute approximate surface area is 111 Å². The van der Waals surface area contributed by atoms with Gasteiger partial charge in [-0.1, -0.05) is 6.92 Å². The first-order chi connectivity index (χ1) is 8.93. The lowest BCUT2D eigenvalue weighted by Crippen LogP contribution is -2.34. The molecule has 106 valence electrons. The minimum Gasteiger partial charge on any atom is -0.352 e. The van der Waals surface area contributed by atoms with Crippen LogP contribution in [0.2, 0.25) is 0 Å². The second-order valence-electron chi connectivity index (χ2n) is 5.18. The van der Waals surface area contributed by atoms with Crippen molar-refractivity contribution in [2.24, 2.45) is 11.8 Å². The number of aromatic nitrogens is 1. The van der Waals surface area contributed by atoms with Gasteiger partial charge >= 0.3 is 0 Å². The average Bonchev–Trinajstić information content (AvgIpc) is 2.71. The number of hydrogen-bond acceptors (Lipinski definition) is 5. The average molecular weight is 271 g/mol. The highest BCUT2D eigenvalue weighted by Gasteiger charge is 2.33. The van der Waals surface area contributed by atoms with Crippen LogP contribution in [0.5, 0.6) is 0 Å². The highest BCUT2D eigenvalue weighted by Crippen LogP contribution is 2.28. The van der Waals surface area contributed by atoms with Crippen molar-refractivity contribution in [1.29, 1.82) is 0 Å². The maximum atomic E-state index is 13.8. The monoisotopic (exact) mass is 271 g/mol. The van der Waals surface area contributed by atoms with Gasteiger partial charge in [0.15, 0.2) is 23.3 Å². The number of rotatable bonds is 3. The number of likely N-dealkylation sites (N-methyl/N-ethyl adjacent to an activating group) is 1. The van der Waals surface area contributed by atoms with Crippen molar-refractivity contribution < 1.29 is 8.78 Å². The van der Waals surface area contributed by atoms with Gasteiger partial charge in [-0.05, 0) is 20.0 Å². The zero-order valence-corrected chi connectivity index (χ0v) is 11.3. The van der Waals surface area contributed by atoms with Gasteiger partial charge in [0.05, 0.1) is 0 Å². The maximum absolute atomic E-state index is 13.8. The van der Waals surface area contributed by atoms with E-state index in [1.165, 1.54) is 0 Å². The van der Waals surface area contributed by atoms with Crippen LogP contribution < -0.4 is 16.2 Å². The normalized spacial score (nSPS) is 23.2. The summed E-state index contributed by atoms with van der Waals surface area (Å²) in [5.74, 6) is 4.10. The summed E-state index contributed by atoms with van der Waals surface area (Å²) in [7, 11) is 3.98. The van der Waals surface area contributed by atoms with Crippen molar-refractivity contribution >= 4 is 11.6 Å². The Bertz CT molecular complexity index is 466. The molecule has 7 heteroatoms. The van der Waals surface area contributed by atoms with E-state index in [9.17, 15) is 8.78 Å². The summed E-state index contributed by atoms with van der Waals surface area (Å²) in [6.45, 7) is 3.45. The van der Waals surface area contributed by atoms with Crippen molar-refractivity contribution in [2.45, 2.75) is 13.0 Å². The molecule has 2 rings (SSSR count). The summed E-state index contributed by atoms with van der Waals surface area (Å²) in [4.78, 5) is 7.85. The van der Waals surface area contributed by atoms with Crippen molar-refractivity contribution in [3.05, 3.63) is 17.7 Å². The molecule has 5 nitrogen and oxygen atoms in total. The zero-order chi connectivity index (χ0) is 14.2. The molecule has 1 aromatic rings. The molecule has 1 fully saturated rings. The first kappa shape index (κ1) is 14.0. The van der Waals surface area contributed by atoms with E-state index < -0.39 is 11.6 Å². The molecule has 0 saturated carbocycles. The number of nitrogens with zero attached hydrogens (tertiary/aromatic N) is 3. The fourth-order valence-corrected chi connectivity index (χ4v) is 2.57. The number of nitrogen functional groups attached to an aromatic ring is 1. The topological polar surface area (TPSA) is 57.4 Å². The number of halogens is 2. The molecule has 0 aliphatic carbocycles. The van der Waals surface area contributed by atoms with Crippen LogP contribution in [0.15, 0.2) is 6.07 Å². The number of nitrogens with one attached hydrogen (secondary N) is 1. The minimum atomic E-state index is -0.792. The highest BCUT2D eigenvalue weighted by atomic mass is 19.1. The Morgan fingerprint density at radius 2 is 2.05 bits per heavy atom. The number of hydrogen-bond donors (Lipinski definition) is 2. The van der Waals surface area contributed by atoms with E-state index in [1.54, 1.807) is 0 Å². The summed E-state index contributed by atoms with van der Waals surface area (Å²) in [5.41, 5.74) is 2.14. The Kier molecular flexibility index (Phi) is 3.86. The number of hydrazine groups is 1. The van der Waals surface area contributed by atoms with Gasteiger partial charge in [0.1, 0.15) is 0 Å². The quantitative estimate of drug-likeness (QED) is 0.635. The predicted molar refractivity (Wildman–Crippen MR) is 70.8 cm³/mol. The van der Waals surface area contributed by atoms with Crippen molar-refractivity contribution in [2.75, 3.05) is 37.5 Å². The van der Waals surface area contributed by atoms with Crippen molar-refractivity contribution in [3.8, 4) is 0 Å². The molecule has 2 atom stereocenters. The lowest BCUT2D eigenvalue weighted by molar-refractivity contribution is 0.266. The van der Waals surface area contributed by atoms with Gasteiger partial charge in [-0.15, -0.1) is 0 Å². The molecule has 0 amide bonds. The van der Waals surface area contributed by atoms with Crippen LogP contribution in [0.1, 0.15) is 6.92 Å². The van der Waals surface area contributed by atoms with Gasteiger partial charge in [0.25, 0.3) is 0 Å². The van der Waals surface area contributed by atoms with Gasteiger partial charge in [-0.3, -0.25) is 0 Å². The molecule has 1 aliphatic rings. The number of nitrogens with two attached hydrogens (primary N) is 1. The van der Waals surface area contributed by atoms with Crippen LogP contribution >= 0.6 is 0 Å². The Morgan fingerprint density at radius 3 is 2.58 bits per heavy atom. The summed E-state index contributed by atoms with van der Waals surface area (Å²) in [6.07, 6.45) is 0. The van der Waals surface area contributed by atoms with E-state index >= 15 is 0 Å². The molecule has 3 N–H and O–H groups in total. The molecule has 19 heavy (non-hydrogen) atoms. The molecule has 1 aromatic heterocycles. The van der Waals surface area contributed by atoms with E-state index in [1.807, 2.05) is 19.0 Å². The number of anilines is 2. The first-order valence-corrected chi connectivity index (χ1v) is 6.18. The summed E-state index contributed by atoms with van der Waals surface area (Å²) in [5, 5.41) is 0. The third kappa shape index (κ3) is 2.62. The van der Waals surface area contributed by atoms with E-state index in [4.69, 9.17) is 5.84 Å². The second kappa shape index (κ2) is 5.26. The summed E-state index contributed by atoms with van der Waals surface area (Å²) >= 11 is 0. The third-order valence-corrected chi connectivity index (χ3v) is 3.58. The Balaban J connectivity index is 2.28. The van der Waals surface area contributed by atoms with E-state index in [2.05, 4.69) is 22.2 Å². The van der Waals surface area contributed by atoms with Crippen LogP contribution in [0, 0.1) is 17.6 Å². The fraction of sp³-hybridized carbons (Fsp3) is 0.583. The van der Waals surface area contributed by atoms with Gasteiger partial charge in [-0.25, -0.2) is 19.6 Å². The molecule has 2 unspecified atom stereocenters. The molecule has 2 heterocycles. The van der Waals surface area contributed by atoms with Crippen LogP contribution in [0.4, 0.5) is 20.4 Å². The Hall–Kier alpha value is -1.47. The van der Waals surface area contributed by atoms with Crippen LogP contribution in [0.25, 0.3) is 0 Å². The highest BCUT2D eigenvalue weighted by molar-refractivity contribution is 5.49. The minimum absolute atomic E-state index is 0.141. The maximum Gasteiger partial charge on any atom is 0.178 e. The van der Waals surface area contributed by atoms with E-state index in [0.29, 0.717) is 25.0 Å². The van der Waals surface area contributed by atoms with Gasteiger partial charge in [0.2, 0.25) is 0 Å². The molecular formula is C12H19F2N5. The van der Waals surface area contributed by atoms with Crippen LogP contribution in [0.3, 0.4) is 0 Å². The number of pyridine rings is 1. The van der Waals surface area contributed by atoms with Gasteiger partial charge in [0, 0.05) is 25.2 Å². The largest absolute Gasteiger partial charge is 0.352 e. The van der Waals surface area contributed by atoms with E-state index in [0.717, 1.165) is 6.07 Å². The molecule has 0 bridgehead atoms. The van der Waals surface area contributed by atoms with Gasteiger partial charge < -0.3 is 15.2 Å². The molecule has 1 saturated heterocycles. The zero-order valence-electron chi connectivity index (χ0n) is 11.3. The van der Waals surface area contributed by atoms with Crippen LogP contribution in [-0.2, 0) is 0 Å². The molecule has 1 aliphatic heterocycles. The van der Waals surface area contributed by atoms with Crippen LogP contribution in [-0.4, -0.2) is 43.1 Å². The molecular weight excluding hydrogens is 252 g/mol. The van der Waals surface area contributed by atoms with Crippen molar-refractivity contribution in [1.82, 2.24) is 9.88 Å². The smallest absolute Gasteiger partial charge is 0.178 e. The second-order valence-corrected chi connectivity index (χ2v) is 5.18. The standard InChI is InChI=1S/C12H19F2N5/c1-7-5-19(6-10(7)18(2)3)12-9(14)4-8(13)11(16-12)17-15/h4,7,10H,5-6,15H2,1-3H3,(H,16,17). The van der Waals surface area contributed by atoms with E-state index in [-0.39, 0.29) is 11.6 Å². The SMILES string of the molecule is CC1CN(c2nc(NN)c(F)cc2F)CC1N(C)C. The lowest BCUT2D eigenvalue weighted by atomic mass is 10.1.